The molecule has 9 nitrogen and oxygen atoms in total. The van der Waals surface area contributed by atoms with Gasteiger partial charge in [0.05, 0.1) is 18.7 Å². The van der Waals surface area contributed by atoms with Gasteiger partial charge in [-0.15, -0.1) is 0 Å². The highest BCUT2D eigenvalue weighted by atomic mass is 19.1. The van der Waals surface area contributed by atoms with Crippen LogP contribution in [0.15, 0.2) is 73.2 Å². The number of nitrogens with zero attached hydrogens (tertiary/aromatic N) is 3. The van der Waals surface area contributed by atoms with Gasteiger partial charge in [0.2, 0.25) is 0 Å². The molecule has 1 N–H and O–H groups in total. The van der Waals surface area contributed by atoms with Crippen LogP contribution in [0, 0.1) is 5.82 Å². The number of hydrogen-bond acceptors (Lipinski definition) is 9. The van der Waals surface area contributed by atoms with Gasteiger partial charge < -0.3 is 29.0 Å². The van der Waals surface area contributed by atoms with Gasteiger partial charge in [0.25, 0.3) is 0 Å². The Morgan fingerprint density at radius 1 is 0.744 bits per heavy atom. The minimum absolute atomic E-state index is 0.0814. The van der Waals surface area contributed by atoms with Crippen molar-refractivity contribution in [2.75, 3.05) is 46.0 Å². The normalized spacial score (nSPS) is 11.1. The average molecular weight is 531 g/mol. The number of benzene rings is 3. The van der Waals surface area contributed by atoms with Crippen LogP contribution in [-0.4, -0.2) is 55.6 Å². The van der Waals surface area contributed by atoms with Crippen LogP contribution >= 0.6 is 0 Å². The van der Waals surface area contributed by atoms with E-state index in [9.17, 15) is 0 Å². The molecule has 0 bridgehead atoms. The van der Waals surface area contributed by atoms with Gasteiger partial charge in [0.15, 0.2) is 28.8 Å². The van der Waals surface area contributed by atoms with Crippen LogP contribution in [0.3, 0.4) is 0 Å². The number of nitrogens with one attached hydrogen (secondary N) is 1. The summed E-state index contributed by atoms with van der Waals surface area (Å²) in [6.45, 7) is 1.52. The minimum atomic E-state index is -0.538. The Morgan fingerprint density at radius 2 is 1.51 bits per heavy atom. The monoisotopic (exact) mass is 530 g/mol. The van der Waals surface area contributed by atoms with E-state index in [4.69, 9.17) is 23.7 Å². The summed E-state index contributed by atoms with van der Waals surface area (Å²) < 4.78 is 42.9. The van der Waals surface area contributed by atoms with Crippen molar-refractivity contribution in [1.29, 1.82) is 0 Å². The third kappa shape index (κ3) is 6.14. The summed E-state index contributed by atoms with van der Waals surface area (Å²) in [5.41, 5.74) is 1.77. The summed E-state index contributed by atoms with van der Waals surface area (Å²) in [4.78, 5) is 13.1. The molecule has 0 unspecified atom stereocenters. The van der Waals surface area contributed by atoms with Gasteiger partial charge in [-0.3, -0.25) is 4.98 Å². The lowest BCUT2D eigenvalue weighted by Crippen LogP contribution is -2.09. The number of fused-ring (bicyclic) bond motifs is 2. The average Bonchev–Trinajstić information content (AvgIpc) is 2.95. The summed E-state index contributed by atoms with van der Waals surface area (Å²) in [6.07, 6.45) is 3.10. The number of rotatable bonds is 12. The summed E-state index contributed by atoms with van der Waals surface area (Å²) in [7, 11) is 3.21. The van der Waals surface area contributed by atoms with Gasteiger partial charge in [-0.05, 0) is 30.3 Å². The highest BCUT2D eigenvalue weighted by molar-refractivity contribution is 5.93. The first kappa shape index (κ1) is 26.1. The van der Waals surface area contributed by atoms with Gasteiger partial charge >= 0.3 is 0 Å². The number of halogens is 1. The molecule has 0 spiro atoms. The van der Waals surface area contributed by atoms with Crippen LogP contribution in [0.2, 0.25) is 0 Å². The lowest BCUT2D eigenvalue weighted by atomic mass is 10.2. The smallest absolute Gasteiger partial charge is 0.167 e. The highest BCUT2D eigenvalue weighted by Crippen LogP contribution is 2.36. The van der Waals surface area contributed by atoms with E-state index in [-0.39, 0.29) is 5.75 Å². The van der Waals surface area contributed by atoms with E-state index in [1.54, 1.807) is 50.7 Å². The maximum absolute atomic E-state index is 15.1. The van der Waals surface area contributed by atoms with E-state index in [1.807, 2.05) is 24.3 Å². The van der Waals surface area contributed by atoms with Crippen LogP contribution in [-0.2, 0) is 9.47 Å². The van der Waals surface area contributed by atoms with Gasteiger partial charge in [-0.2, -0.15) is 0 Å². The van der Waals surface area contributed by atoms with Crippen molar-refractivity contribution in [3.63, 3.8) is 0 Å². The quantitative estimate of drug-likeness (QED) is 0.198. The molecule has 0 saturated carbocycles. The molecular formula is C29H27FN4O5. The Kier molecular flexibility index (Phi) is 8.25. The highest BCUT2D eigenvalue weighted by Gasteiger charge is 2.14. The molecule has 39 heavy (non-hydrogen) atoms. The van der Waals surface area contributed by atoms with Gasteiger partial charge in [0.1, 0.15) is 30.9 Å². The van der Waals surface area contributed by atoms with E-state index in [1.165, 1.54) is 12.4 Å². The molecule has 0 radical (unpaired) electrons. The predicted molar refractivity (Wildman–Crippen MR) is 146 cm³/mol. The van der Waals surface area contributed by atoms with Gasteiger partial charge in [-0.25, -0.2) is 14.4 Å². The number of para-hydroxylation sites is 1. The molecule has 2 heterocycles. The molecule has 0 atom stereocenters. The number of methoxy groups -OCH3 is 2. The predicted octanol–water partition coefficient (Wildman–Crippen LogP) is 5.90. The zero-order chi connectivity index (χ0) is 27.0. The Balaban J connectivity index is 1.40. The Morgan fingerprint density at radius 3 is 2.28 bits per heavy atom. The molecule has 10 heteroatoms. The molecule has 5 aromatic rings. The van der Waals surface area contributed by atoms with Crippen molar-refractivity contribution in [1.82, 2.24) is 15.0 Å². The molecule has 0 amide bonds. The standard InChI is InChI=1S/C29H27FN4O5/c1-35-11-13-37-26-16-21-23(17-27(26)38-14-12-36-2)32-18-33-29(21)34-20-8-9-24(22(30)15-20)39-25-7-3-5-19-6-4-10-31-28(19)25/h3-10,15-18H,11-14H2,1-2H3,(H,32,33,34). The SMILES string of the molecule is COCCOc1cc2ncnc(Nc3ccc(Oc4cccc5cccnc45)c(F)c3)c2cc1OCCOC. The van der Waals surface area contributed by atoms with Crippen LogP contribution < -0.4 is 19.5 Å². The number of ether oxygens (including phenoxy) is 5. The zero-order valence-electron chi connectivity index (χ0n) is 21.5. The van der Waals surface area contributed by atoms with Gasteiger partial charge in [-0.1, -0.05) is 18.2 Å². The topological polar surface area (TPSA) is 96.9 Å². The van der Waals surface area contributed by atoms with E-state index >= 15 is 4.39 Å². The fourth-order valence-electron chi connectivity index (χ4n) is 3.93. The van der Waals surface area contributed by atoms with Crippen molar-refractivity contribution in [3.05, 3.63) is 79.0 Å². The number of hydrogen-bond donors (Lipinski definition) is 1. The molecule has 0 fully saturated rings. The Bertz CT molecular complexity index is 1580. The first-order chi connectivity index (χ1) is 19.2. The van der Waals surface area contributed by atoms with Crippen molar-refractivity contribution in [2.45, 2.75) is 0 Å². The lowest BCUT2D eigenvalue weighted by molar-refractivity contribution is 0.132. The largest absolute Gasteiger partial charge is 0.487 e. The van der Waals surface area contributed by atoms with Crippen molar-refractivity contribution in [3.8, 4) is 23.0 Å². The number of anilines is 2. The minimum Gasteiger partial charge on any atom is -0.487 e. The Hall–Kier alpha value is -4.54. The second-order valence-electron chi connectivity index (χ2n) is 8.42. The van der Waals surface area contributed by atoms with Crippen LogP contribution in [0.1, 0.15) is 0 Å². The molecule has 0 aliphatic rings. The molecule has 0 aliphatic carbocycles. The molecule has 5 rings (SSSR count). The third-order valence-corrected chi connectivity index (χ3v) is 5.80. The number of aromatic nitrogens is 3. The third-order valence-electron chi connectivity index (χ3n) is 5.80. The van der Waals surface area contributed by atoms with Crippen LogP contribution in [0.25, 0.3) is 21.8 Å². The fourth-order valence-corrected chi connectivity index (χ4v) is 3.93. The van der Waals surface area contributed by atoms with E-state index in [0.29, 0.717) is 71.6 Å². The summed E-state index contributed by atoms with van der Waals surface area (Å²) in [5, 5.41) is 4.75. The van der Waals surface area contributed by atoms with Gasteiger partial charge in [0, 0.05) is 49.0 Å². The summed E-state index contributed by atoms with van der Waals surface area (Å²) in [5.74, 6) is 1.52. The molecule has 3 aromatic carbocycles. The summed E-state index contributed by atoms with van der Waals surface area (Å²) in [6, 6.07) is 17.5. The maximum atomic E-state index is 15.1. The molecule has 200 valence electrons. The number of pyridine rings is 1. The van der Waals surface area contributed by atoms with Crippen molar-refractivity contribution < 1.29 is 28.1 Å². The fraction of sp³-hybridized carbons (Fsp3) is 0.207. The van der Waals surface area contributed by atoms with Crippen LogP contribution in [0.4, 0.5) is 15.9 Å². The summed E-state index contributed by atoms with van der Waals surface area (Å²) >= 11 is 0. The Labute approximate surface area is 224 Å². The van der Waals surface area contributed by atoms with E-state index in [0.717, 1.165) is 5.39 Å². The van der Waals surface area contributed by atoms with Crippen LogP contribution in [0.5, 0.6) is 23.0 Å². The molecule has 0 saturated heterocycles. The first-order valence-electron chi connectivity index (χ1n) is 12.3. The molecule has 2 aromatic heterocycles. The van der Waals surface area contributed by atoms with E-state index in [2.05, 4.69) is 20.3 Å². The zero-order valence-corrected chi connectivity index (χ0v) is 21.5. The van der Waals surface area contributed by atoms with E-state index < -0.39 is 5.82 Å². The van der Waals surface area contributed by atoms with Crippen molar-refractivity contribution in [2.24, 2.45) is 0 Å². The first-order valence-corrected chi connectivity index (χ1v) is 12.3. The molecular weight excluding hydrogens is 503 g/mol. The maximum Gasteiger partial charge on any atom is 0.167 e. The molecule has 0 aliphatic heterocycles. The van der Waals surface area contributed by atoms with Crippen molar-refractivity contribution >= 4 is 33.3 Å². The second kappa shape index (κ2) is 12.3. The second-order valence-corrected chi connectivity index (χ2v) is 8.42. The lowest BCUT2D eigenvalue weighted by Gasteiger charge is -2.15.